The Labute approximate surface area is 223 Å². The number of ether oxygens (including phenoxy) is 4. The van der Waals surface area contributed by atoms with Crippen LogP contribution < -0.4 is 24.8 Å². The molecule has 1 fully saturated rings. The third-order valence-corrected chi connectivity index (χ3v) is 6.12. The van der Waals surface area contributed by atoms with Gasteiger partial charge in [-0.3, -0.25) is 9.59 Å². The van der Waals surface area contributed by atoms with Crippen LogP contribution in [0, 0.1) is 0 Å². The molecule has 0 unspecified atom stereocenters. The molecule has 11 nitrogen and oxygen atoms in total. The molecule has 2 amide bonds. The number of anilines is 1. The summed E-state index contributed by atoms with van der Waals surface area (Å²) in [5, 5.41) is 10.4. The number of carbonyl (C=O) groups excluding carboxylic acids is 3. The van der Waals surface area contributed by atoms with Crippen molar-refractivity contribution in [3.05, 3.63) is 29.5 Å². The van der Waals surface area contributed by atoms with Gasteiger partial charge in [-0.1, -0.05) is 0 Å². The number of hydrogen-bond acceptors (Lipinski definition) is 8. The Morgan fingerprint density at radius 3 is 2.45 bits per heavy atom. The summed E-state index contributed by atoms with van der Waals surface area (Å²) in [7, 11) is 2.92. The second kappa shape index (κ2) is 12.2. The van der Waals surface area contributed by atoms with E-state index in [2.05, 4.69) is 10.6 Å². The monoisotopic (exact) mass is 530 g/mol. The molecule has 208 valence electrons. The Kier molecular flexibility index (Phi) is 9.24. The summed E-state index contributed by atoms with van der Waals surface area (Å²) in [5.74, 6) is 1.10. The molecule has 0 saturated heterocycles. The number of rotatable bonds is 10. The minimum atomic E-state index is -0.418. The van der Waals surface area contributed by atoms with Crippen molar-refractivity contribution < 1.29 is 33.3 Å². The minimum Gasteiger partial charge on any atom is -0.496 e. The molecule has 0 radical (unpaired) electrons. The van der Waals surface area contributed by atoms with Crippen LogP contribution >= 0.6 is 0 Å². The summed E-state index contributed by atoms with van der Waals surface area (Å²) in [4.78, 5) is 36.5. The number of aldehydes is 1. The minimum absolute atomic E-state index is 0.00769. The maximum absolute atomic E-state index is 12.9. The molecule has 0 aliphatic heterocycles. The van der Waals surface area contributed by atoms with Crippen LogP contribution in [0.5, 0.6) is 17.2 Å². The van der Waals surface area contributed by atoms with E-state index in [1.807, 2.05) is 40.7 Å². The van der Waals surface area contributed by atoms with Gasteiger partial charge in [0.15, 0.2) is 12.9 Å². The Hall–Kier alpha value is -3.76. The number of nitrogens with zero attached hydrogens (tertiary/aromatic N) is 2. The molecule has 1 heterocycles. The smallest absolute Gasteiger partial charge is 0.407 e. The first-order chi connectivity index (χ1) is 17.9. The van der Waals surface area contributed by atoms with Crippen molar-refractivity contribution in [3.8, 4) is 17.2 Å². The fraction of sp³-hybridized carbons (Fsp3) is 0.556. The molecular weight excluding hydrogens is 492 g/mol. The van der Waals surface area contributed by atoms with Gasteiger partial charge < -0.3 is 29.6 Å². The second-order valence-electron chi connectivity index (χ2n) is 10.6. The van der Waals surface area contributed by atoms with E-state index in [9.17, 15) is 14.4 Å². The van der Waals surface area contributed by atoms with Gasteiger partial charge in [0, 0.05) is 30.2 Å². The molecule has 2 atom stereocenters. The number of aromatic nitrogens is 2. The van der Waals surface area contributed by atoms with Gasteiger partial charge in [-0.2, -0.15) is 5.10 Å². The normalized spacial score (nSPS) is 17.2. The van der Waals surface area contributed by atoms with Crippen LogP contribution in [0.15, 0.2) is 18.2 Å². The van der Waals surface area contributed by atoms with Gasteiger partial charge in [0.25, 0.3) is 5.91 Å². The van der Waals surface area contributed by atoms with Crippen LogP contribution in [0.1, 0.15) is 75.9 Å². The molecule has 0 spiro atoms. The Bertz CT molecular complexity index is 1150. The van der Waals surface area contributed by atoms with Crippen molar-refractivity contribution in [2.45, 2.75) is 77.5 Å². The molecule has 2 aromatic rings. The lowest BCUT2D eigenvalue weighted by Gasteiger charge is -2.22. The third kappa shape index (κ3) is 7.17. The topological polar surface area (TPSA) is 130 Å². The van der Waals surface area contributed by atoms with Crippen LogP contribution in [-0.4, -0.2) is 61.0 Å². The van der Waals surface area contributed by atoms with Crippen molar-refractivity contribution in [2.75, 3.05) is 26.1 Å². The SMILES string of the molecule is COc1cc(OC)c(C=O)c(OCC(=O)Nc2cc([C@H]3CC[C@@H](OC(=O)NC(C)C)C3)nn2C(C)(C)C)c1. The lowest BCUT2D eigenvalue weighted by molar-refractivity contribution is -0.118. The Morgan fingerprint density at radius 2 is 1.84 bits per heavy atom. The molecule has 3 rings (SSSR count). The van der Waals surface area contributed by atoms with Crippen LogP contribution in [0.3, 0.4) is 0 Å². The molecule has 1 aromatic heterocycles. The zero-order valence-corrected chi connectivity index (χ0v) is 23.1. The summed E-state index contributed by atoms with van der Waals surface area (Å²) in [6.45, 7) is 9.40. The molecule has 2 N–H and O–H groups in total. The van der Waals surface area contributed by atoms with Gasteiger partial charge in [0.05, 0.1) is 31.0 Å². The highest BCUT2D eigenvalue weighted by atomic mass is 16.6. The molecule has 1 aromatic carbocycles. The van der Waals surface area contributed by atoms with Crippen molar-refractivity contribution in [1.29, 1.82) is 0 Å². The average molecular weight is 531 g/mol. The fourth-order valence-corrected chi connectivity index (χ4v) is 4.36. The van der Waals surface area contributed by atoms with Crippen molar-refractivity contribution >= 4 is 24.1 Å². The summed E-state index contributed by atoms with van der Waals surface area (Å²) in [5.41, 5.74) is 0.605. The van der Waals surface area contributed by atoms with E-state index < -0.39 is 17.5 Å². The van der Waals surface area contributed by atoms with E-state index in [0.29, 0.717) is 24.3 Å². The standard InChI is InChI=1S/C27H38N4O7/c1-16(2)28-26(34)38-18-9-8-17(10-18)21-13-24(31(30-21)27(3,4)5)29-25(33)15-37-23-12-19(35-6)11-22(36-7)20(23)14-32/h11-14,16-18H,8-10,15H2,1-7H3,(H,28,34)(H,29,33)/t17-,18+/m0/s1. The maximum Gasteiger partial charge on any atom is 0.407 e. The molecule has 38 heavy (non-hydrogen) atoms. The summed E-state index contributed by atoms with van der Waals surface area (Å²) < 4.78 is 23.5. The molecular formula is C27H38N4O7. The van der Waals surface area contributed by atoms with Crippen molar-refractivity contribution in [2.24, 2.45) is 0 Å². The molecule has 11 heteroatoms. The zero-order chi connectivity index (χ0) is 28.0. The van der Waals surface area contributed by atoms with Crippen molar-refractivity contribution in [3.63, 3.8) is 0 Å². The summed E-state index contributed by atoms with van der Waals surface area (Å²) in [6.07, 6.45) is 2.25. The number of nitrogens with one attached hydrogen (secondary N) is 2. The van der Waals surface area contributed by atoms with Crippen LogP contribution in [0.25, 0.3) is 0 Å². The van der Waals surface area contributed by atoms with Crippen molar-refractivity contribution in [1.82, 2.24) is 15.1 Å². The van der Waals surface area contributed by atoms with E-state index in [-0.39, 0.29) is 41.7 Å². The van der Waals surface area contributed by atoms with Crippen LogP contribution in [0.4, 0.5) is 10.6 Å². The highest BCUT2D eigenvalue weighted by Gasteiger charge is 2.32. The van der Waals surface area contributed by atoms with E-state index in [1.54, 1.807) is 10.7 Å². The first kappa shape index (κ1) is 28.8. The Morgan fingerprint density at radius 1 is 1.13 bits per heavy atom. The van der Waals surface area contributed by atoms with Crippen LogP contribution in [-0.2, 0) is 15.1 Å². The number of benzene rings is 1. The lowest BCUT2D eigenvalue weighted by Crippen LogP contribution is -2.33. The first-order valence-corrected chi connectivity index (χ1v) is 12.7. The predicted molar refractivity (Wildman–Crippen MR) is 141 cm³/mol. The number of methoxy groups -OCH3 is 2. The quantitative estimate of drug-likeness (QED) is 0.436. The number of carbonyl (C=O) groups is 3. The Balaban J connectivity index is 1.71. The van der Waals surface area contributed by atoms with E-state index in [4.69, 9.17) is 24.0 Å². The number of alkyl carbamates (subject to hydrolysis) is 1. The van der Waals surface area contributed by atoms with Gasteiger partial charge in [-0.25, -0.2) is 9.48 Å². The highest BCUT2D eigenvalue weighted by molar-refractivity contribution is 5.91. The van der Waals surface area contributed by atoms with Gasteiger partial charge in [-0.15, -0.1) is 0 Å². The van der Waals surface area contributed by atoms with E-state index >= 15 is 0 Å². The number of amides is 2. The lowest BCUT2D eigenvalue weighted by atomic mass is 10.0. The fourth-order valence-electron chi connectivity index (χ4n) is 4.36. The molecule has 1 saturated carbocycles. The average Bonchev–Trinajstić information content (AvgIpc) is 3.48. The second-order valence-corrected chi connectivity index (χ2v) is 10.6. The van der Waals surface area contributed by atoms with Gasteiger partial charge >= 0.3 is 6.09 Å². The first-order valence-electron chi connectivity index (χ1n) is 12.7. The summed E-state index contributed by atoms with van der Waals surface area (Å²) >= 11 is 0. The molecule has 0 bridgehead atoms. The van der Waals surface area contributed by atoms with Gasteiger partial charge in [-0.05, 0) is 53.9 Å². The maximum atomic E-state index is 12.9. The predicted octanol–water partition coefficient (Wildman–Crippen LogP) is 4.26. The largest absolute Gasteiger partial charge is 0.496 e. The molecule has 1 aliphatic rings. The molecule has 1 aliphatic carbocycles. The zero-order valence-electron chi connectivity index (χ0n) is 23.1. The van der Waals surface area contributed by atoms with E-state index in [0.717, 1.165) is 18.5 Å². The highest BCUT2D eigenvalue weighted by Crippen LogP contribution is 2.37. The van der Waals surface area contributed by atoms with Gasteiger partial charge in [0.1, 0.15) is 29.2 Å². The van der Waals surface area contributed by atoms with Crippen LogP contribution in [0.2, 0.25) is 0 Å². The van der Waals surface area contributed by atoms with E-state index in [1.165, 1.54) is 20.3 Å². The summed E-state index contributed by atoms with van der Waals surface area (Å²) in [6, 6.07) is 4.95. The third-order valence-electron chi connectivity index (χ3n) is 6.12. The number of hydrogen-bond donors (Lipinski definition) is 2. The van der Waals surface area contributed by atoms with Gasteiger partial charge in [0.2, 0.25) is 0 Å².